The minimum absolute atomic E-state index is 0. The Morgan fingerprint density at radius 3 is 2.17 bits per heavy atom. The first-order valence-electron chi connectivity index (χ1n) is 3.49. The molecule has 0 aliphatic carbocycles. The molecule has 0 saturated heterocycles. The Bertz CT molecular complexity index is 105. The molecule has 0 N–H and O–H groups in total. The van der Waals surface area contributed by atoms with Crippen LogP contribution in [0.25, 0.3) is 0 Å². The molecule has 0 bridgehead atoms. The molecule has 0 rings (SSSR count). The monoisotopic (exact) mass is 187 g/mol. The fraction of sp³-hybridized carbons (Fsp3) is 1.00. The number of rotatable bonds is 4. The Morgan fingerprint density at radius 2 is 1.83 bits per heavy atom. The molecule has 0 heterocycles. The van der Waals surface area contributed by atoms with Crippen LogP contribution in [0.4, 0.5) is 0 Å². The van der Waals surface area contributed by atoms with Crippen LogP contribution in [0.1, 0.15) is 20.8 Å². The highest BCUT2D eigenvalue weighted by Crippen LogP contribution is 2.22. The van der Waals surface area contributed by atoms with Crippen molar-refractivity contribution >= 4 is 27.5 Å². The van der Waals surface area contributed by atoms with Gasteiger partial charge in [-0.1, -0.05) is 20.8 Å². The highest BCUT2D eigenvalue weighted by molar-refractivity contribution is 8.00. The van der Waals surface area contributed by atoms with Gasteiger partial charge in [0, 0.05) is 25.5 Å². The van der Waals surface area contributed by atoms with Crippen LogP contribution in [0.3, 0.4) is 0 Å². The Hall–Kier alpha value is 0.360. The zero-order valence-corrected chi connectivity index (χ0v) is 8.52. The van der Waals surface area contributed by atoms with Gasteiger partial charge in [0.25, 0.3) is 0 Å². The van der Waals surface area contributed by atoms with E-state index in [1.165, 1.54) is 0 Å². The molecule has 0 aliphatic heterocycles. The van der Waals surface area contributed by atoms with Gasteiger partial charge >= 0.3 is 0 Å². The van der Waals surface area contributed by atoms with Crippen LogP contribution in [0.15, 0.2) is 0 Å². The van der Waals surface area contributed by atoms with Gasteiger partial charge < -0.3 is 14.7 Å². The van der Waals surface area contributed by atoms with Gasteiger partial charge in [0.15, 0.2) is 0 Å². The Labute approximate surface area is 80.6 Å². The van der Waals surface area contributed by atoms with Crippen LogP contribution in [0.5, 0.6) is 0 Å². The lowest BCUT2D eigenvalue weighted by Crippen LogP contribution is -2.48. The normalized spacial score (nSPS) is 10.8. The molecule has 3 nitrogen and oxygen atoms in total. The summed E-state index contributed by atoms with van der Waals surface area (Å²) >= 11 is 1.67. The van der Waals surface area contributed by atoms with Gasteiger partial charge in [0.1, 0.15) is 0 Å². The van der Waals surface area contributed by atoms with E-state index in [0.717, 1.165) is 0 Å². The Balaban J connectivity index is 0. The van der Waals surface area contributed by atoms with Crippen LogP contribution >= 0.6 is 11.8 Å². The summed E-state index contributed by atoms with van der Waals surface area (Å²) in [5.74, 6) is 0.699. The van der Waals surface area contributed by atoms with E-state index in [2.05, 4.69) is 25.4 Å². The maximum atomic E-state index is 9.86. The van der Waals surface area contributed by atoms with Crippen LogP contribution in [-0.4, -0.2) is 32.8 Å². The van der Waals surface area contributed by atoms with Gasteiger partial charge in [0.05, 0.1) is 7.32 Å². The summed E-state index contributed by atoms with van der Waals surface area (Å²) in [4.78, 5) is 0. The fourth-order valence-corrected chi connectivity index (χ4v) is 1.28. The first kappa shape index (κ1) is 14.9. The second-order valence-corrected chi connectivity index (χ2v) is 5.04. The first-order valence-corrected chi connectivity index (χ1v) is 4.47. The topological polar surface area (TPSA) is 55.3 Å². The molecule has 0 saturated carbocycles. The van der Waals surface area contributed by atoms with Crippen LogP contribution in [0.2, 0.25) is 0 Å². The van der Waals surface area contributed by atoms with Crippen molar-refractivity contribution in [2.45, 2.75) is 25.5 Å². The van der Waals surface area contributed by atoms with Gasteiger partial charge in [-0.3, -0.25) is 0 Å². The summed E-state index contributed by atoms with van der Waals surface area (Å²) in [7, 11) is -2.13. The van der Waals surface area contributed by atoms with Crippen molar-refractivity contribution in [3.05, 3.63) is 0 Å². The van der Waals surface area contributed by atoms with E-state index in [1.807, 2.05) is 0 Å². The van der Waals surface area contributed by atoms with Crippen molar-refractivity contribution < 1.29 is 14.7 Å². The van der Waals surface area contributed by atoms with E-state index in [4.69, 9.17) is 0 Å². The predicted molar refractivity (Wildman–Crippen MR) is 49.7 cm³/mol. The van der Waals surface area contributed by atoms with Crippen LogP contribution < -0.4 is 10.0 Å². The highest BCUT2D eigenvalue weighted by atomic mass is 32.2. The zero-order valence-electron chi connectivity index (χ0n) is 7.70. The minimum atomic E-state index is -2.13. The first-order chi connectivity index (χ1) is 4.92. The molecule has 3 radical (unpaired) electrons. The lowest BCUT2D eigenvalue weighted by atomic mass is 10.3. The van der Waals surface area contributed by atoms with Crippen molar-refractivity contribution in [2.24, 2.45) is 0 Å². The van der Waals surface area contributed by atoms with E-state index in [0.29, 0.717) is 5.75 Å². The second-order valence-electron chi connectivity index (χ2n) is 3.12. The molecule has 0 spiro atoms. The van der Waals surface area contributed by atoms with Crippen molar-refractivity contribution in [1.29, 1.82) is 0 Å². The maximum absolute atomic E-state index is 9.86. The molecule has 0 fully saturated rings. The molecule has 0 atom stereocenters. The molecular formula is C6H13B2O3S-2. The molecule has 0 aliphatic rings. The van der Waals surface area contributed by atoms with Gasteiger partial charge in [-0.2, -0.15) is 11.8 Å². The Morgan fingerprint density at radius 1 is 1.33 bits per heavy atom. The third kappa shape index (κ3) is 13.0. The average Bonchev–Trinajstić information content (AvgIpc) is 1.78. The number of thioether (sulfide) groups is 1. The molecule has 0 aromatic heterocycles. The molecule has 0 amide bonds. The summed E-state index contributed by atoms with van der Waals surface area (Å²) < 4.78 is 4.48. The SMILES string of the molecule is CC(C)(C)SCCOB([O-])[O-].[B]. The highest BCUT2D eigenvalue weighted by Gasteiger charge is 2.08. The number of hydrogen-bond donors (Lipinski definition) is 0. The minimum Gasteiger partial charge on any atom is -0.871 e. The molecule has 6 heteroatoms. The number of hydrogen-bond acceptors (Lipinski definition) is 4. The summed E-state index contributed by atoms with van der Waals surface area (Å²) in [6.45, 7) is 6.47. The third-order valence-corrected chi connectivity index (χ3v) is 2.11. The molecule has 69 valence electrons. The zero-order chi connectivity index (χ0) is 8.91. The van der Waals surface area contributed by atoms with Gasteiger partial charge in [-0.15, -0.1) is 0 Å². The second kappa shape index (κ2) is 6.83. The molecule has 0 unspecified atom stereocenters. The third-order valence-electron chi connectivity index (χ3n) is 0.872. The Kier molecular flexibility index (Phi) is 8.46. The van der Waals surface area contributed by atoms with Crippen molar-refractivity contribution in [3.8, 4) is 0 Å². The summed E-state index contributed by atoms with van der Waals surface area (Å²) in [6, 6.07) is 0. The average molecular weight is 187 g/mol. The summed E-state index contributed by atoms with van der Waals surface area (Å²) in [6.07, 6.45) is 0. The lowest BCUT2D eigenvalue weighted by molar-refractivity contribution is -0.381. The predicted octanol–water partition coefficient (Wildman–Crippen LogP) is -1.14. The van der Waals surface area contributed by atoms with Crippen LogP contribution in [0, 0.1) is 0 Å². The van der Waals surface area contributed by atoms with Crippen LogP contribution in [-0.2, 0) is 4.65 Å². The van der Waals surface area contributed by atoms with Gasteiger partial charge in [-0.05, 0) is 0 Å². The molecule has 12 heavy (non-hydrogen) atoms. The standard InChI is InChI=1S/C6H13BO3S.B/c1-6(2,3)11-5-4-10-7(8)9;/h4-5H2,1-3H3;/q-2;. The van der Waals surface area contributed by atoms with E-state index in [9.17, 15) is 10.0 Å². The van der Waals surface area contributed by atoms with E-state index < -0.39 is 7.32 Å². The molecule has 0 aromatic carbocycles. The van der Waals surface area contributed by atoms with E-state index in [1.54, 1.807) is 11.8 Å². The fourth-order valence-electron chi connectivity index (χ4n) is 0.492. The maximum Gasteiger partial charge on any atom is 0.0604 e. The van der Waals surface area contributed by atoms with E-state index >= 15 is 0 Å². The largest absolute Gasteiger partial charge is 0.871 e. The van der Waals surface area contributed by atoms with Crippen molar-refractivity contribution in [3.63, 3.8) is 0 Å². The lowest BCUT2D eigenvalue weighted by Gasteiger charge is -2.26. The van der Waals surface area contributed by atoms with Gasteiger partial charge in [0.2, 0.25) is 0 Å². The summed E-state index contributed by atoms with van der Waals surface area (Å²) in [5, 5.41) is 19.7. The van der Waals surface area contributed by atoms with Crippen molar-refractivity contribution in [1.82, 2.24) is 0 Å². The summed E-state index contributed by atoms with van der Waals surface area (Å²) in [5.41, 5.74) is 0. The quantitative estimate of drug-likeness (QED) is 0.412. The van der Waals surface area contributed by atoms with Gasteiger partial charge in [-0.25, -0.2) is 0 Å². The van der Waals surface area contributed by atoms with Crippen molar-refractivity contribution in [2.75, 3.05) is 12.4 Å². The van der Waals surface area contributed by atoms with E-state index in [-0.39, 0.29) is 19.8 Å². The smallest absolute Gasteiger partial charge is 0.0604 e. The molecule has 0 aromatic rings. The molecular weight excluding hydrogens is 174 g/mol.